The van der Waals surface area contributed by atoms with Crippen LogP contribution in [0.5, 0.6) is 5.75 Å². The summed E-state index contributed by atoms with van der Waals surface area (Å²) < 4.78 is 12.1. The zero-order chi connectivity index (χ0) is 21.1. The molecule has 152 valence electrons. The average molecular weight is 424 g/mol. The highest BCUT2D eigenvalue weighted by Crippen LogP contribution is 2.27. The van der Waals surface area contributed by atoms with Crippen molar-refractivity contribution >= 4 is 23.2 Å². The normalized spacial score (nSPS) is 10.8. The molecule has 9 heteroatoms. The predicted molar refractivity (Wildman–Crippen MR) is 112 cm³/mol. The second kappa shape index (κ2) is 8.38. The number of hydrogen-bond acceptors (Lipinski definition) is 6. The van der Waals surface area contributed by atoms with Gasteiger partial charge in [0.15, 0.2) is 0 Å². The van der Waals surface area contributed by atoms with E-state index in [0.717, 1.165) is 11.1 Å². The Morgan fingerprint density at radius 3 is 2.87 bits per heavy atom. The van der Waals surface area contributed by atoms with Gasteiger partial charge in [-0.15, -0.1) is 0 Å². The third-order valence-corrected chi connectivity index (χ3v) is 4.72. The quantitative estimate of drug-likeness (QED) is 0.499. The number of ether oxygens (including phenoxy) is 1. The van der Waals surface area contributed by atoms with Gasteiger partial charge in [0, 0.05) is 17.4 Å². The Bertz CT molecular complexity index is 1200. The van der Waals surface area contributed by atoms with Gasteiger partial charge in [0.1, 0.15) is 18.0 Å². The number of methoxy groups -OCH3 is 1. The van der Waals surface area contributed by atoms with Crippen LogP contribution in [0.1, 0.15) is 5.56 Å². The third-order valence-electron chi connectivity index (χ3n) is 4.43. The molecular formula is C21H18ClN5O3. The van der Waals surface area contributed by atoms with Gasteiger partial charge in [0.2, 0.25) is 11.7 Å². The number of halogens is 1. The van der Waals surface area contributed by atoms with Crippen LogP contribution in [0, 0.1) is 6.92 Å². The molecule has 0 fully saturated rings. The highest BCUT2D eigenvalue weighted by molar-refractivity contribution is 6.32. The van der Waals surface area contributed by atoms with E-state index in [1.165, 1.54) is 7.11 Å². The monoisotopic (exact) mass is 423 g/mol. The lowest BCUT2D eigenvalue weighted by atomic mass is 10.1. The van der Waals surface area contributed by atoms with Gasteiger partial charge in [0.25, 0.3) is 5.89 Å². The molecule has 0 aliphatic rings. The predicted octanol–water partition coefficient (Wildman–Crippen LogP) is 4.21. The minimum Gasteiger partial charge on any atom is -0.495 e. The summed E-state index contributed by atoms with van der Waals surface area (Å²) >= 11 is 6.09. The molecule has 8 nitrogen and oxygen atoms in total. The fraction of sp³-hybridized carbons (Fsp3) is 0.143. The summed E-state index contributed by atoms with van der Waals surface area (Å²) in [6.45, 7) is 2.04. The highest BCUT2D eigenvalue weighted by atomic mass is 35.5. The van der Waals surface area contributed by atoms with Crippen LogP contribution in [0.2, 0.25) is 5.02 Å². The number of nitrogens with one attached hydrogen (secondary N) is 1. The Morgan fingerprint density at radius 2 is 2.10 bits per heavy atom. The van der Waals surface area contributed by atoms with Gasteiger partial charge in [-0.1, -0.05) is 35.0 Å². The van der Waals surface area contributed by atoms with Gasteiger partial charge in [-0.2, -0.15) is 4.98 Å². The van der Waals surface area contributed by atoms with Crippen LogP contribution in [0.4, 0.5) is 5.69 Å². The first kappa shape index (κ1) is 19.7. The van der Waals surface area contributed by atoms with E-state index in [4.69, 9.17) is 20.9 Å². The Hall–Kier alpha value is -3.65. The molecule has 0 bridgehead atoms. The van der Waals surface area contributed by atoms with Gasteiger partial charge in [-0.25, -0.2) is 4.98 Å². The molecule has 2 aromatic heterocycles. The van der Waals surface area contributed by atoms with Crippen molar-refractivity contribution in [3.05, 3.63) is 65.6 Å². The number of hydrogen-bond donors (Lipinski definition) is 1. The topological polar surface area (TPSA) is 95.1 Å². The van der Waals surface area contributed by atoms with E-state index < -0.39 is 0 Å². The van der Waals surface area contributed by atoms with Gasteiger partial charge >= 0.3 is 0 Å². The van der Waals surface area contributed by atoms with Crippen LogP contribution in [0.3, 0.4) is 0 Å². The van der Waals surface area contributed by atoms with Crippen molar-refractivity contribution in [3.8, 4) is 28.7 Å². The number of benzene rings is 2. The van der Waals surface area contributed by atoms with E-state index in [9.17, 15) is 4.79 Å². The maximum absolute atomic E-state index is 12.3. The fourth-order valence-corrected chi connectivity index (χ4v) is 3.18. The Kier molecular flexibility index (Phi) is 5.49. The number of rotatable bonds is 6. The molecule has 0 aliphatic heterocycles. The number of carbonyl (C=O) groups excluding carboxylic acids is 1. The molecule has 0 spiro atoms. The number of nitrogens with zero attached hydrogens (tertiary/aromatic N) is 4. The minimum atomic E-state index is -0.228. The molecule has 1 amide bonds. The van der Waals surface area contributed by atoms with E-state index in [1.54, 1.807) is 35.3 Å². The molecule has 0 radical (unpaired) electrons. The molecule has 4 aromatic rings. The smallest absolute Gasteiger partial charge is 0.258 e. The van der Waals surface area contributed by atoms with Crippen molar-refractivity contribution < 1.29 is 14.1 Å². The van der Waals surface area contributed by atoms with E-state index in [2.05, 4.69) is 20.4 Å². The standard InChI is InChI=1S/C21H18ClN5O3/c1-13-5-3-4-6-15(13)21-25-20(26-30-21)17-10-27(12-23-17)11-19(28)24-14-7-8-18(29-2)16(22)9-14/h3-10,12H,11H2,1-2H3,(H,24,28). The summed E-state index contributed by atoms with van der Waals surface area (Å²) in [6, 6.07) is 12.8. The summed E-state index contributed by atoms with van der Waals surface area (Å²) in [5.41, 5.74) is 2.99. The van der Waals surface area contributed by atoms with Gasteiger partial charge in [0.05, 0.1) is 18.5 Å². The van der Waals surface area contributed by atoms with Crippen molar-refractivity contribution in [1.82, 2.24) is 19.7 Å². The van der Waals surface area contributed by atoms with Crippen LogP contribution in [-0.4, -0.2) is 32.7 Å². The molecule has 0 saturated carbocycles. The van der Waals surface area contributed by atoms with Crippen molar-refractivity contribution in [1.29, 1.82) is 0 Å². The lowest BCUT2D eigenvalue weighted by Crippen LogP contribution is -2.17. The second-order valence-corrected chi connectivity index (χ2v) is 6.97. The van der Waals surface area contributed by atoms with Crippen LogP contribution >= 0.6 is 11.6 Å². The van der Waals surface area contributed by atoms with E-state index in [-0.39, 0.29) is 12.5 Å². The van der Waals surface area contributed by atoms with Crippen LogP contribution in [0.25, 0.3) is 23.0 Å². The first-order chi connectivity index (χ1) is 14.5. The molecule has 0 aliphatic carbocycles. The Labute approximate surface area is 177 Å². The van der Waals surface area contributed by atoms with Gasteiger partial charge < -0.3 is 19.1 Å². The first-order valence-electron chi connectivity index (χ1n) is 9.09. The zero-order valence-corrected chi connectivity index (χ0v) is 17.1. The number of carbonyl (C=O) groups is 1. The van der Waals surface area contributed by atoms with E-state index >= 15 is 0 Å². The lowest BCUT2D eigenvalue weighted by molar-refractivity contribution is -0.116. The number of aryl methyl sites for hydroxylation is 1. The summed E-state index contributed by atoms with van der Waals surface area (Å²) in [7, 11) is 1.53. The highest BCUT2D eigenvalue weighted by Gasteiger charge is 2.15. The van der Waals surface area contributed by atoms with Crippen molar-refractivity contribution in [2.24, 2.45) is 0 Å². The van der Waals surface area contributed by atoms with Crippen LogP contribution < -0.4 is 10.1 Å². The fourth-order valence-electron chi connectivity index (χ4n) is 2.92. The average Bonchev–Trinajstić information content (AvgIpc) is 3.38. The summed E-state index contributed by atoms with van der Waals surface area (Å²) in [5, 5.41) is 7.21. The second-order valence-electron chi connectivity index (χ2n) is 6.57. The van der Waals surface area contributed by atoms with Gasteiger partial charge in [-0.3, -0.25) is 4.79 Å². The zero-order valence-electron chi connectivity index (χ0n) is 16.3. The third kappa shape index (κ3) is 4.18. The van der Waals surface area contributed by atoms with E-state index in [0.29, 0.717) is 33.9 Å². The number of anilines is 1. The number of aromatic nitrogens is 4. The van der Waals surface area contributed by atoms with Crippen molar-refractivity contribution in [2.45, 2.75) is 13.5 Å². The summed E-state index contributed by atoms with van der Waals surface area (Å²) in [4.78, 5) is 21.0. The molecular weight excluding hydrogens is 406 g/mol. The maximum atomic E-state index is 12.3. The number of amides is 1. The summed E-state index contributed by atoms with van der Waals surface area (Å²) in [5.74, 6) is 1.09. The Balaban J connectivity index is 1.44. The van der Waals surface area contributed by atoms with Crippen LogP contribution in [-0.2, 0) is 11.3 Å². The molecule has 2 aromatic carbocycles. The SMILES string of the molecule is COc1ccc(NC(=O)Cn2cnc(-c3noc(-c4ccccc4C)n3)c2)cc1Cl. The number of imidazole rings is 1. The van der Waals surface area contributed by atoms with Crippen molar-refractivity contribution in [3.63, 3.8) is 0 Å². The lowest BCUT2D eigenvalue weighted by Gasteiger charge is -2.08. The van der Waals surface area contributed by atoms with E-state index in [1.807, 2.05) is 31.2 Å². The molecule has 0 saturated heterocycles. The molecule has 30 heavy (non-hydrogen) atoms. The minimum absolute atomic E-state index is 0.0686. The molecule has 4 rings (SSSR count). The Morgan fingerprint density at radius 1 is 1.27 bits per heavy atom. The maximum Gasteiger partial charge on any atom is 0.258 e. The summed E-state index contributed by atoms with van der Waals surface area (Å²) in [6.07, 6.45) is 3.23. The first-order valence-corrected chi connectivity index (χ1v) is 9.46. The molecule has 1 N–H and O–H groups in total. The molecule has 2 heterocycles. The van der Waals surface area contributed by atoms with Crippen molar-refractivity contribution in [2.75, 3.05) is 12.4 Å². The van der Waals surface area contributed by atoms with Gasteiger partial charge in [-0.05, 0) is 36.8 Å². The van der Waals surface area contributed by atoms with Crippen LogP contribution in [0.15, 0.2) is 59.5 Å². The molecule has 0 atom stereocenters. The molecule has 0 unspecified atom stereocenters. The largest absolute Gasteiger partial charge is 0.495 e.